The highest BCUT2D eigenvalue weighted by Gasteiger charge is 2.27. The first-order chi connectivity index (χ1) is 4.54. The second-order valence-corrected chi connectivity index (χ2v) is 3.07. The van der Waals surface area contributed by atoms with Crippen LogP contribution < -0.4 is 0 Å². The van der Waals surface area contributed by atoms with Gasteiger partial charge >= 0.3 is 0 Å². The molecule has 0 aromatic rings. The summed E-state index contributed by atoms with van der Waals surface area (Å²) < 4.78 is 0. The molecule has 0 aromatic carbocycles. The maximum Gasteiger partial charge on any atom is 0.174 e. The molecule has 2 heteroatoms. The van der Waals surface area contributed by atoms with Gasteiger partial charge in [0.25, 0.3) is 0 Å². The van der Waals surface area contributed by atoms with Gasteiger partial charge in [0.2, 0.25) is 0 Å². The van der Waals surface area contributed by atoms with Gasteiger partial charge in [-0.25, -0.2) is 0 Å². The van der Waals surface area contributed by atoms with Crippen molar-refractivity contribution >= 4 is 11.5 Å². The van der Waals surface area contributed by atoms with Gasteiger partial charge in [-0.1, -0.05) is 19.9 Å². The van der Waals surface area contributed by atoms with Gasteiger partial charge in [0.05, 0.1) is 5.71 Å². The number of nitrogens with zero attached hydrogens (tertiary/aromatic N) is 1. The van der Waals surface area contributed by atoms with Gasteiger partial charge in [-0.2, -0.15) is 0 Å². The van der Waals surface area contributed by atoms with Crippen molar-refractivity contribution in [1.29, 1.82) is 0 Å². The first-order valence-corrected chi connectivity index (χ1v) is 3.31. The molecule has 0 unspecified atom stereocenters. The van der Waals surface area contributed by atoms with Crippen LogP contribution in [0.5, 0.6) is 0 Å². The first-order valence-electron chi connectivity index (χ1n) is 3.31. The van der Waals surface area contributed by atoms with Crippen LogP contribution in [0, 0.1) is 5.41 Å². The van der Waals surface area contributed by atoms with Crippen molar-refractivity contribution in [2.75, 3.05) is 0 Å². The van der Waals surface area contributed by atoms with Gasteiger partial charge < -0.3 is 0 Å². The minimum atomic E-state index is -0.147. The van der Waals surface area contributed by atoms with Crippen LogP contribution in [0.1, 0.15) is 20.8 Å². The third-order valence-electron chi connectivity index (χ3n) is 1.64. The zero-order chi connectivity index (χ0) is 7.78. The lowest BCUT2D eigenvalue weighted by molar-refractivity contribution is -0.111. The van der Waals surface area contributed by atoms with Crippen LogP contribution in [-0.4, -0.2) is 11.5 Å². The Morgan fingerprint density at radius 3 is 2.40 bits per heavy atom. The molecular formula is C8H11NO. The van der Waals surface area contributed by atoms with Crippen LogP contribution in [0.4, 0.5) is 0 Å². The van der Waals surface area contributed by atoms with E-state index < -0.39 is 0 Å². The van der Waals surface area contributed by atoms with Crippen LogP contribution in [0.15, 0.2) is 17.3 Å². The molecule has 0 spiro atoms. The van der Waals surface area contributed by atoms with Crippen LogP contribution in [0.2, 0.25) is 0 Å². The third-order valence-corrected chi connectivity index (χ3v) is 1.64. The maximum absolute atomic E-state index is 10.9. The van der Waals surface area contributed by atoms with E-state index in [9.17, 15) is 4.79 Å². The average Bonchev–Trinajstić information content (AvgIpc) is 2.08. The molecule has 1 aliphatic heterocycles. The molecule has 0 saturated heterocycles. The van der Waals surface area contributed by atoms with E-state index in [2.05, 4.69) is 4.99 Å². The zero-order valence-corrected chi connectivity index (χ0v) is 6.51. The first kappa shape index (κ1) is 7.19. The summed E-state index contributed by atoms with van der Waals surface area (Å²) in [6, 6.07) is 0. The smallest absolute Gasteiger partial charge is 0.174 e. The van der Waals surface area contributed by atoms with Crippen LogP contribution in [0.3, 0.4) is 0 Å². The number of hydrogen-bond acceptors (Lipinski definition) is 2. The van der Waals surface area contributed by atoms with Gasteiger partial charge in [0.15, 0.2) is 5.78 Å². The van der Waals surface area contributed by atoms with E-state index in [-0.39, 0.29) is 11.2 Å². The summed E-state index contributed by atoms with van der Waals surface area (Å²) in [5.74, 6) is 0.0648. The molecule has 2 nitrogen and oxygen atoms in total. The molecular weight excluding hydrogens is 126 g/mol. The number of carbonyl (C=O) groups is 1. The number of Topliss-reactive ketones (excluding diaryl/α,β-unsaturated/α-hetero) is 1. The minimum absolute atomic E-state index is 0.0648. The lowest BCUT2D eigenvalue weighted by atomic mass is 9.87. The normalized spacial score (nSPS) is 20.9. The Hall–Kier alpha value is -0.920. The molecule has 0 radical (unpaired) electrons. The highest BCUT2D eigenvalue weighted by atomic mass is 16.1. The van der Waals surface area contributed by atoms with E-state index in [0.29, 0.717) is 5.71 Å². The molecule has 0 aromatic heterocycles. The Morgan fingerprint density at radius 2 is 2.20 bits per heavy atom. The van der Waals surface area contributed by atoms with Gasteiger partial charge in [-0.15, -0.1) is 0 Å². The highest BCUT2D eigenvalue weighted by molar-refractivity contribution is 6.41. The Kier molecular flexibility index (Phi) is 1.47. The van der Waals surface area contributed by atoms with E-state index >= 15 is 0 Å². The van der Waals surface area contributed by atoms with E-state index in [1.165, 1.54) is 0 Å². The molecule has 10 heavy (non-hydrogen) atoms. The molecule has 0 saturated carbocycles. The second kappa shape index (κ2) is 2.04. The molecule has 1 heterocycles. The van der Waals surface area contributed by atoms with Crippen molar-refractivity contribution in [3.05, 3.63) is 12.3 Å². The topological polar surface area (TPSA) is 29.4 Å². The van der Waals surface area contributed by atoms with Crippen molar-refractivity contribution in [3.8, 4) is 0 Å². The van der Waals surface area contributed by atoms with E-state index in [1.807, 2.05) is 19.9 Å². The Labute approximate surface area is 60.7 Å². The number of allylic oxidation sites excluding steroid dienone is 1. The Balaban J connectivity index is 2.93. The SMILES string of the molecule is CC(=O)C1=NC=CC1(C)C. The van der Waals surface area contributed by atoms with Crippen molar-refractivity contribution < 1.29 is 4.79 Å². The van der Waals surface area contributed by atoms with Crippen LogP contribution in [-0.2, 0) is 4.79 Å². The number of ketones is 1. The monoisotopic (exact) mass is 137 g/mol. The lowest BCUT2D eigenvalue weighted by Gasteiger charge is -2.15. The molecule has 0 amide bonds. The minimum Gasteiger partial charge on any atom is -0.293 e. The van der Waals surface area contributed by atoms with Crippen LogP contribution >= 0.6 is 0 Å². The summed E-state index contributed by atoms with van der Waals surface area (Å²) in [5.41, 5.74) is 0.513. The molecule has 0 aliphatic carbocycles. The van der Waals surface area contributed by atoms with Crippen molar-refractivity contribution in [2.24, 2.45) is 10.4 Å². The molecule has 0 atom stereocenters. The number of rotatable bonds is 1. The number of hydrogen-bond donors (Lipinski definition) is 0. The molecule has 54 valence electrons. The van der Waals surface area contributed by atoms with E-state index in [4.69, 9.17) is 0 Å². The van der Waals surface area contributed by atoms with Gasteiger partial charge in [-0.3, -0.25) is 9.79 Å². The fourth-order valence-electron chi connectivity index (χ4n) is 1.09. The second-order valence-electron chi connectivity index (χ2n) is 3.07. The highest BCUT2D eigenvalue weighted by Crippen LogP contribution is 2.24. The Morgan fingerprint density at radius 1 is 1.60 bits per heavy atom. The summed E-state index contributed by atoms with van der Waals surface area (Å²) in [5, 5.41) is 0. The van der Waals surface area contributed by atoms with Crippen molar-refractivity contribution in [2.45, 2.75) is 20.8 Å². The summed E-state index contributed by atoms with van der Waals surface area (Å²) >= 11 is 0. The molecule has 1 aliphatic rings. The predicted molar refractivity (Wildman–Crippen MR) is 41.0 cm³/mol. The molecule has 1 rings (SSSR count). The van der Waals surface area contributed by atoms with E-state index in [0.717, 1.165) is 0 Å². The van der Waals surface area contributed by atoms with Gasteiger partial charge in [0, 0.05) is 18.5 Å². The van der Waals surface area contributed by atoms with E-state index in [1.54, 1.807) is 13.1 Å². The Bertz CT molecular complexity index is 223. The standard InChI is InChI=1S/C8H11NO/c1-6(10)7-8(2,3)4-5-9-7/h4-5H,1-3H3. The predicted octanol–water partition coefficient (Wildman–Crippen LogP) is 1.57. The lowest BCUT2D eigenvalue weighted by Crippen LogP contribution is -2.25. The van der Waals surface area contributed by atoms with Crippen LogP contribution in [0.25, 0.3) is 0 Å². The maximum atomic E-state index is 10.9. The molecule has 0 fully saturated rings. The largest absolute Gasteiger partial charge is 0.293 e. The fourth-order valence-corrected chi connectivity index (χ4v) is 1.09. The number of carbonyl (C=O) groups excluding carboxylic acids is 1. The summed E-state index contributed by atoms with van der Waals surface area (Å²) in [6.45, 7) is 5.51. The fraction of sp³-hybridized carbons (Fsp3) is 0.500. The average molecular weight is 137 g/mol. The summed E-state index contributed by atoms with van der Waals surface area (Å²) in [4.78, 5) is 14.9. The van der Waals surface area contributed by atoms with Gasteiger partial charge in [0.1, 0.15) is 0 Å². The zero-order valence-electron chi connectivity index (χ0n) is 6.51. The van der Waals surface area contributed by atoms with Crippen molar-refractivity contribution in [1.82, 2.24) is 0 Å². The third kappa shape index (κ3) is 1.01. The summed E-state index contributed by atoms with van der Waals surface area (Å²) in [7, 11) is 0. The molecule has 0 N–H and O–H groups in total. The quantitative estimate of drug-likeness (QED) is 0.539. The van der Waals surface area contributed by atoms with Gasteiger partial charge in [-0.05, 0) is 0 Å². The molecule has 0 bridgehead atoms. The number of aliphatic imine (C=N–C) groups is 1. The summed E-state index contributed by atoms with van der Waals surface area (Å²) in [6.07, 6.45) is 3.63. The van der Waals surface area contributed by atoms with Crippen molar-refractivity contribution in [3.63, 3.8) is 0 Å².